The van der Waals surface area contributed by atoms with Gasteiger partial charge in [0.05, 0.1) is 5.56 Å². The molecule has 0 spiro atoms. The van der Waals surface area contributed by atoms with Crippen molar-refractivity contribution in [2.24, 2.45) is 0 Å². The van der Waals surface area contributed by atoms with Crippen molar-refractivity contribution in [1.82, 2.24) is 4.98 Å². The van der Waals surface area contributed by atoms with E-state index in [2.05, 4.69) is 36.8 Å². The molecule has 0 fully saturated rings. The van der Waals surface area contributed by atoms with Gasteiger partial charge < -0.3 is 5.11 Å². The second-order valence-corrected chi connectivity index (χ2v) is 3.92. The van der Waals surface area contributed by atoms with Crippen LogP contribution in [0.15, 0.2) is 10.7 Å². The number of aromatic nitrogens is 1. The minimum absolute atomic E-state index is 0.0812. The maximum absolute atomic E-state index is 12.4. The van der Waals surface area contributed by atoms with Gasteiger partial charge in [0.25, 0.3) is 6.43 Å². The topological polar surface area (TPSA) is 50.2 Å². The molecule has 0 unspecified atom stereocenters. The van der Waals surface area contributed by atoms with Crippen LogP contribution in [0.25, 0.3) is 0 Å². The normalized spacial score (nSPS) is 10.7. The molecule has 1 heterocycles. The summed E-state index contributed by atoms with van der Waals surface area (Å²) in [5.41, 5.74) is -0.280. The first kappa shape index (κ1) is 12.5. The molecule has 1 N–H and O–H groups in total. The molecular formula is C8H5Br2F2NO2. The Morgan fingerprint density at radius 3 is 2.60 bits per heavy atom. The molecule has 0 aliphatic rings. The molecule has 0 aromatic carbocycles. The number of halogens is 4. The lowest BCUT2D eigenvalue weighted by Gasteiger charge is -2.07. The number of hydrogen-bond acceptors (Lipinski definition) is 2. The van der Waals surface area contributed by atoms with E-state index in [1.807, 2.05) is 0 Å². The van der Waals surface area contributed by atoms with E-state index in [-0.39, 0.29) is 21.1 Å². The predicted molar refractivity (Wildman–Crippen MR) is 56.5 cm³/mol. The van der Waals surface area contributed by atoms with E-state index in [1.165, 1.54) is 0 Å². The Hall–Kier alpha value is -0.560. The van der Waals surface area contributed by atoms with Crippen LogP contribution in [0.1, 0.15) is 28.0 Å². The highest BCUT2D eigenvalue weighted by Crippen LogP contribution is 2.26. The highest BCUT2D eigenvalue weighted by Gasteiger charge is 2.19. The quantitative estimate of drug-likeness (QED) is 0.675. The highest BCUT2D eigenvalue weighted by molar-refractivity contribution is 9.10. The lowest BCUT2D eigenvalue weighted by atomic mass is 10.1. The van der Waals surface area contributed by atoms with Crippen LogP contribution < -0.4 is 0 Å². The summed E-state index contributed by atoms with van der Waals surface area (Å²) in [6.07, 6.45) is -2.72. The monoisotopic (exact) mass is 343 g/mol. The van der Waals surface area contributed by atoms with E-state index in [0.717, 1.165) is 6.07 Å². The van der Waals surface area contributed by atoms with Crippen molar-refractivity contribution in [3.63, 3.8) is 0 Å². The summed E-state index contributed by atoms with van der Waals surface area (Å²) in [5, 5.41) is 9.00. The fraction of sp³-hybridized carbons (Fsp3) is 0.250. The fourth-order valence-corrected chi connectivity index (χ4v) is 2.10. The summed E-state index contributed by atoms with van der Waals surface area (Å²) < 4.78 is 24.6. The van der Waals surface area contributed by atoms with E-state index in [9.17, 15) is 13.6 Å². The van der Waals surface area contributed by atoms with E-state index in [4.69, 9.17) is 5.11 Å². The number of rotatable bonds is 3. The molecule has 0 atom stereocenters. The molecule has 0 saturated carbocycles. The van der Waals surface area contributed by atoms with Gasteiger partial charge in [-0.1, -0.05) is 15.9 Å². The van der Waals surface area contributed by atoms with Crippen molar-refractivity contribution in [2.45, 2.75) is 11.8 Å². The third kappa shape index (κ3) is 2.72. The molecule has 0 aliphatic carbocycles. The number of aromatic carboxylic acids is 1. The summed E-state index contributed by atoms with van der Waals surface area (Å²) in [7, 11) is 0. The molecule has 1 aromatic heterocycles. The van der Waals surface area contributed by atoms with Gasteiger partial charge in [-0.05, 0) is 27.6 Å². The second kappa shape index (κ2) is 4.98. The summed E-state index contributed by atoms with van der Waals surface area (Å²) in [6.45, 7) is 0. The molecule has 0 amide bonds. The molecule has 0 aliphatic heterocycles. The smallest absolute Gasteiger partial charge is 0.338 e. The van der Waals surface area contributed by atoms with E-state index in [1.54, 1.807) is 0 Å². The zero-order chi connectivity index (χ0) is 11.6. The second-order valence-electron chi connectivity index (χ2n) is 2.61. The number of nitrogens with zero attached hydrogens (tertiary/aromatic N) is 1. The van der Waals surface area contributed by atoms with Gasteiger partial charge in [0.2, 0.25) is 0 Å². The van der Waals surface area contributed by atoms with Crippen LogP contribution in [0.5, 0.6) is 0 Å². The van der Waals surface area contributed by atoms with E-state index < -0.39 is 18.1 Å². The largest absolute Gasteiger partial charge is 0.478 e. The van der Waals surface area contributed by atoms with Crippen molar-refractivity contribution in [1.29, 1.82) is 0 Å². The van der Waals surface area contributed by atoms with Crippen LogP contribution in [0, 0.1) is 0 Å². The summed E-state index contributed by atoms with van der Waals surface area (Å²) in [5.74, 6) is -1.20. The van der Waals surface area contributed by atoms with Gasteiger partial charge in [-0.2, -0.15) is 0 Å². The number of pyridine rings is 1. The van der Waals surface area contributed by atoms with E-state index in [0.29, 0.717) is 0 Å². The number of carbonyl (C=O) groups is 1. The fourth-order valence-electron chi connectivity index (χ4n) is 1.03. The van der Waals surface area contributed by atoms with Gasteiger partial charge in [-0.25, -0.2) is 18.6 Å². The molecule has 0 bridgehead atoms. The van der Waals surface area contributed by atoms with Crippen molar-refractivity contribution in [3.05, 3.63) is 27.5 Å². The first-order chi connectivity index (χ1) is 6.97. The van der Waals surface area contributed by atoms with Crippen LogP contribution in [0.4, 0.5) is 8.78 Å². The lowest BCUT2D eigenvalue weighted by Crippen LogP contribution is -2.06. The molecule has 1 aromatic rings. The maximum Gasteiger partial charge on any atom is 0.338 e. The predicted octanol–water partition coefficient (Wildman–Crippen LogP) is 3.37. The molecule has 82 valence electrons. The SMILES string of the molecule is O=C(O)c1c(CBr)cc(C(F)F)nc1Br. The highest BCUT2D eigenvalue weighted by atomic mass is 79.9. The minimum Gasteiger partial charge on any atom is -0.478 e. The third-order valence-corrected chi connectivity index (χ3v) is 2.84. The Balaban J connectivity index is 3.37. The number of carboxylic acids is 1. The average molecular weight is 345 g/mol. The maximum atomic E-state index is 12.4. The van der Waals surface area contributed by atoms with Crippen LogP contribution in [0.3, 0.4) is 0 Å². The average Bonchev–Trinajstić information content (AvgIpc) is 2.15. The zero-order valence-corrected chi connectivity index (χ0v) is 10.3. The zero-order valence-electron chi connectivity index (χ0n) is 7.18. The van der Waals surface area contributed by atoms with Crippen molar-refractivity contribution in [3.8, 4) is 0 Å². The van der Waals surface area contributed by atoms with Gasteiger partial charge in [0, 0.05) is 5.33 Å². The van der Waals surface area contributed by atoms with Gasteiger partial charge in [-0.3, -0.25) is 0 Å². The van der Waals surface area contributed by atoms with Crippen molar-refractivity contribution >= 4 is 37.8 Å². The summed E-state index contributed by atoms with van der Waals surface area (Å²) in [4.78, 5) is 14.3. The summed E-state index contributed by atoms with van der Waals surface area (Å²) in [6, 6.07) is 1.08. The van der Waals surface area contributed by atoms with Gasteiger partial charge in [-0.15, -0.1) is 0 Å². The first-order valence-corrected chi connectivity index (χ1v) is 5.65. The Morgan fingerprint density at radius 1 is 1.60 bits per heavy atom. The Morgan fingerprint density at radius 2 is 2.20 bits per heavy atom. The van der Waals surface area contributed by atoms with Gasteiger partial charge >= 0.3 is 5.97 Å². The summed E-state index contributed by atoms with van der Waals surface area (Å²) >= 11 is 5.90. The Kier molecular flexibility index (Phi) is 4.15. The molecular weight excluding hydrogens is 340 g/mol. The third-order valence-electron chi connectivity index (χ3n) is 1.66. The molecule has 0 saturated heterocycles. The lowest BCUT2D eigenvalue weighted by molar-refractivity contribution is 0.0693. The number of carboxylic acid groups (broad SMARTS) is 1. The standard InChI is InChI=1S/C8H5Br2F2NO2/c9-2-3-1-4(7(11)12)13-6(10)5(3)8(14)15/h1,7H,2H2,(H,14,15). The van der Waals surface area contributed by atoms with Crippen molar-refractivity contribution < 1.29 is 18.7 Å². The van der Waals surface area contributed by atoms with Crippen LogP contribution in [-0.4, -0.2) is 16.1 Å². The van der Waals surface area contributed by atoms with Gasteiger partial charge in [0.15, 0.2) is 0 Å². The number of alkyl halides is 3. The van der Waals surface area contributed by atoms with Crippen LogP contribution >= 0.6 is 31.9 Å². The molecule has 3 nitrogen and oxygen atoms in total. The molecule has 0 radical (unpaired) electrons. The molecule has 15 heavy (non-hydrogen) atoms. The number of hydrogen-bond donors (Lipinski definition) is 1. The van der Waals surface area contributed by atoms with Crippen LogP contribution in [-0.2, 0) is 5.33 Å². The van der Waals surface area contributed by atoms with Gasteiger partial charge in [0.1, 0.15) is 10.3 Å². The van der Waals surface area contributed by atoms with Crippen LogP contribution in [0.2, 0.25) is 0 Å². The Labute approximate surface area is 101 Å². The molecule has 1 rings (SSSR count). The minimum atomic E-state index is -2.72. The Bertz CT molecular complexity index is 398. The molecule has 7 heteroatoms. The van der Waals surface area contributed by atoms with Crippen molar-refractivity contribution in [2.75, 3.05) is 0 Å². The van der Waals surface area contributed by atoms with E-state index >= 15 is 0 Å². The first-order valence-electron chi connectivity index (χ1n) is 3.74.